The molecule has 0 radical (unpaired) electrons. The summed E-state index contributed by atoms with van der Waals surface area (Å²) in [4.78, 5) is 13.1. The summed E-state index contributed by atoms with van der Waals surface area (Å²) in [5.74, 6) is 0.791. The highest BCUT2D eigenvalue weighted by Gasteiger charge is 2.08. The van der Waals surface area contributed by atoms with E-state index >= 15 is 0 Å². The predicted molar refractivity (Wildman–Crippen MR) is 83.5 cm³/mol. The van der Waals surface area contributed by atoms with Crippen molar-refractivity contribution in [1.82, 2.24) is 19.5 Å². The molecule has 0 aliphatic carbocycles. The molecule has 3 aromatic heterocycles. The monoisotopic (exact) mass is 275 g/mol. The minimum atomic E-state index is 0.791. The standard InChI is InChI=1S/C16H13N5/c1-21-9-7-12-15(18-10-19-16(12)21)20-13-6-2-4-11-5-3-8-17-14(11)13/h2-10H,1H3,(H,18,19,20). The summed E-state index contributed by atoms with van der Waals surface area (Å²) in [6, 6.07) is 12.1. The Balaban J connectivity index is 1.87. The third-order valence-electron chi connectivity index (χ3n) is 3.55. The number of nitrogens with one attached hydrogen (secondary N) is 1. The number of benzene rings is 1. The summed E-state index contributed by atoms with van der Waals surface area (Å²) in [7, 11) is 1.97. The van der Waals surface area contributed by atoms with Gasteiger partial charge < -0.3 is 9.88 Å². The Labute approximate surface area is 121 Å². The van der Waals surface area contributed by atoms with Crippen LogP contribution in [0, 0.1) is 0 Å². The summed E-state index contributed by atoms with van der Waals surface area (Å²) < 4.78 is 1.98. The molecule has 0 saturated carbocycles. The molecule has 102 valence electrons. The Morgan fingerprint density at radius 3 is 2.86 bits per heavy atom. The molecule has 0 unspecified atom stereocenters. The van der Waals surface area contributed by atoms with E-state index in [-0.39, 0.29) is 0 Å². The van der Waals surface area contributed by atoms with Gasteiger partial charge in [0, 0.05) is 24.8 Å². The van der Waals surface area contributed by atoms with Gasteiger partial charge in [-0.05, 0) is 18.2 Å². The number of hydrogen-bond donors (Lipinski definition) is 1. The first-order chi connectivity index (χ1) is 10.3. The van der Waals surface area contributed by atoms with Gasteiger partial charge in [-0.2, -0.15) is 0 Å². The van der Waals surface area contributed by atoms with Gasteiger partial charge >= 0.3 is 0 Å². The van der Waals surface area contributed by atoms with Crippen molar-refractivity contribution < 1.29 is 0 Å². The zero-order valence-electron chi connectivity index (χ0n) is 11.5. The molecule has 0 saturated heterocycles. The van der Waals surface area contributed by atoms with Gasteiger partial charge in [-0.25, -0.2) is 9.97 Å². The molecule has 21 heavy (non-hydrogen) atoms. The van der Waals surface area contributed by atoms with Crippen LogP contribution in [0.4, 0.5) is 11.5 Å². The lowest BCUT2D eigenvalue weighted by atomic mass is 10.2. The lowest BCUT2D eigenvalue weighted by Crippen LogP contribution is -1.97. The molecule has 0 fully saturated rings. The highest BCUT2D eigenvalue weighted by molar-refractivity contribution is 5.95. The summed E-state index contributed by atoms with van der Waals surface area (Å²) >= 11 is 0. The maximum atomic E-state index is 4.45. The molecule has 5 heteroatoms. The zero-order valence-corrected chi connectivity index (χ0v) is 11.5. The van der Waals surface area contributed by atoms with Crippen molar-refractivity contribution >= 4 is 33.4 Å². The van der Waals surface area contributed by atoms with Gasteiger partial charge in [0.2, 0.25) is 0 Å². The summed E-state index contributed by atoms with van der Waals surface area (Å²) in [5.41, 5.74) is 2.78. The number of fused-ring (bicyclic) bond motifs is 2. The van der Waals surface area contributed by atoms with E-state index in [1.807, 2.05) is 54.2 Å². The molecule has 0 atom stereocenters. The van der Waals surface area contributed by atoms with Crippen LogP contribution in [-0.2, 0) is 7.05 Å². The summed E-state index contributed by atoms with van der Waals surface area (Å²) in [5, 5.41) is 5.47. The molecule has 0 amide bonds. The Morgan fingerprint density at radius 2 is 1.90 bits per heavy atom. The molecule has 0 spiro atoms. The smallest absolute Gasteiger partial charge is 0.145 e. The van der Waals surface area contributed by atoms with Gasteiger partial charge in [-0.3, -0.25) is 4.98 Å². The van der Waals surface area contributed by atoms with E-state index in [4.69, 9.17) is 0 Å². The van der Waals surface area contributed by atoms with Crippen LogP contribution in [0.3, 0.4) is 0 Å². The van der Waals surface area contributed by atoms with Crippen LogP contribution in [0.25, 0.3) is 21.9 Å². The van der Waals surface area contributed by atoms with Gasteiger partial charge in [0.15, 0.2) is 0 Å². The third kappa shape index (κ3) is 1.90. The van der Waals surface area contributed by atoms with Crippen LogP contribution in [0.1, 0.15) is 0 Å². The maximum Gasteiger partial charge on any atom is 0.145 e. The Morgan fingerprint density at radius 1 is 1.00 bits per heavy atom. The summed E-state index contributed by atoms with van der Waals surface area (Å²) in [6.45, 7) is 0. The molecule has 4 aromatic rings. The van der Waals surface area contributed by atoms with E-state index in [1.165, 1.54) is 0 Å². The molecule has 0 aliphatic rings. The van der Waals surface area contributed by atoms with Crippen LogP contribution in [-0.4, -0.2) is 19.5 Å². The molecule has 3 heterocycles. The number of hydrogen-bond acceptors (Lipinski definition) is 4. The Kier molecular flexibility index (Phi) is 2.57. The van der Waals surface area contributed by atoms with E-state index < -0.39 is 0 Å². The van der Waals surface area contributed by atoms with E-state index in [0.29, 0.717) is 0 Å². The van der Waals surface area contributed by atoms with Gasteiger partial charge in [0.05, 0.1) is 16.6 Å². The first kappa shape index (κ1) is 11.8. The molecular formula is C16H13N5. The number of para-hydroxylation sites is 1. The molecule has 4 rings (SSSR count). The Bertz CT molecular complexity index is 936. The van der Waals surface area contributed by atoms with Crippen LogP contribution in [0.5, 0.6) is 0 Å². The van der Waals surface area contributed by atoms with Crippen molar-refractivity contribution in [1.29, 1.82) is 0 Å². The lowest BCUT2D eigenvalue weighted by Gasteiger charge is -2.09. The number of aromatic nitrogens is 4. The topological polar surface area (TPSA) is 55.6 Å². The van der Waals surface area contributed by atoms with Crippen molar-refractivity contribution in [2.24, 2.45) is 7.05 Å². The zero-order chi connectivity index (χ0) is 14.2. The van der Waals surface area contributed by atoms with E-state index in [1.54, 1.807) is 12.5 Å². The first-order valence-electron chi connectivity index (χ1n) is 6.70. The number of rotatable bonds is 2. The minimum absolute atomic E-state index is 0.791. The molecule has 1 aromatic carbocycles. The van der Waals surface area contributed by atoms with Crippen molar-refractivity contribution in [2.45, 2.75) is 0 Å². The largest absolute Gasteiger partial charge is 0.338 e. The van der Waals surface area contributed by atoms with Crippen molar-refractivity contribution in [3.8, 4) is 0 Å². The Hall–Kier alpha value is -2.95. The molecule has 5 nitrogen and oxygen atoms in total. The maximum absolute atomic E-state index is 4.45. The van der Waals surface area contributed by atoms with Crippen LogP contribution >= 0.6 is 0 Å². The van der Waals surface area contributed by atoms with Crippen molar-refractivity contribution in [3.05, 3.63) is 55.1 Å². The lowest BCUT2D eigenvalue weighted by molar-refractivity contribution is 0.944. The molecule has 0 bridgehead atoms. The van der Waals surface area contributed by atoms with Gasteiger partial charge in [-0.1, -0.05) is 18.2 Å². The third-order valence-corrected chi connectivity index (χ3v) is 3.55. The first-order valence-corrected chi connectivity index (χ1v) is 6.70. The fraction of sp³-hybridized carbons (Fsp3) is 0.0625. The van der Waals surface area contributed by atoms with E-state index in [9.17, 15) is 0 Å². The van der Waals surface area contributed by atoms with Crippen LogP contribution in [0.2, 0.25) is 0 Å². The average molecular weight is 275 g/mol. The second-order valence-corrected chi connectivity index (χ2v) is 4.89. The SMILES string of the molecule is Cn1ccc2c(Nc3cccc4cccnc34)ncnc21. The van der Waals surface area contributed by atoms with Gasteiger partial charge in [0.25, 0.3) is 0 Å². The molecular weight excluding hydrogens is 262 g/mol. The van der Waals surface area contributed by atoms with Gasteiger partial charge in [0.1, 0.15) is 17.8 Å². The summed E-state index contributed by atoms with van der Waals surface area (Å²) in [6.07, 6.45) is 5.35. The quantitative estimate of drug-likeness (QED) is 0.610. The fourth-order valence-electron chi connectivity index (χ4n) is 2.51. The average Bonchev–Trinajstić information content (AvgIpc) is 2.90. The van der Waals surface area contributed by atoms with E-state index in [0.717, 1.165) is 33.4 Å². The van der Waals surface area contributed by atoms with Gasteiger partial charge in [-0.15, -0.1) is 0 Å². The minimum Gasteiger partial charge on any atom is -0.338 e. The number of pyridine rings is 1. The van der Waals surface area contributed by atoms with Crippen LogP contribution < -0.4 is 5.32 Å². The predicted octanol–water partition coefficient (Wildman–Crippen LogP) is 3.26. The second kappa shape index (κ2) is 4.56. The molecule has 0 aliphatic heterocycles. The van der Waals surface area contributed by atoms with Crippen LogP contribution in [0.15, 0.2) is 55.1 Å². The molecule has 1 N–H and O–H groups in total. The van der Waals surface area contributed by atoms with Crippen molar-refractivity contribution in [2.75, 3.05) is 5.32 Å². The second-order valence-electron chi connectivity index (χ2n) is 4.89. The number of anilines is 2. The van der Waals surface area contributed by atoms with Crippen molar-refractivity contribution in [3.63, 3.8) is 0 Å². The highest BCUT2D eigenvalue weighted by atomic mass is 15.1. The normalized spacial score (nSPS) is 11.1. The number of aryl methyl sites for hydroxylation is 1. The fourth-order valence-corrected chi connectivity index (χ4v) is 2.51. The number of nitrogens with zero attached hydrogens (tertiary/aromatic N) is 4. The van der Waals surface area contributed by atoms with E-state index in [2.05, 4.69) is 20.3 Å². The highest BCUT2D eigenvalue weighted by Crippen LogP contribution is 2.27.